The fourth-order valence-corrected chi connectivity index (χ4v) is 5.36. The summed E-state index contributed by atoms with van der Waals surface area (Å²) < 4.78 is 10.5. The molecule has 2 rings (SSSR count). The maximum Gasteiger partial charge on any atom is 0.305 e. The van der Waals surface area contributed by atoms with E-state index in [-0.39, 0.29) is 30.1 Å². The number of esters is 2. The molecule has 0 saturated heterocycles. The van der Waals surface area contributed by atoms with E-state index in [1.54, 1.807) is 0 Å². The third-order valence-electron chi connectivity index (χ3n) is 7.78. The molecule has 0 aromatic heterocycles. The Bertz CT molecular complexity index is 864. The van der Waals surface area contributed by atoms with Crippen molar-refractivity contribution in [2.45, 2.75) is 115 Å². The van der Waals surface area contributed by atoms with E-state index in [1.165, 1.54) is 5.56 Å². The molecule has 0 aliphatic heterocycles. The van der Waals surface area contributed by atoms with E-state index in [9.17, 15) is 19.8 Å². The monoisotopic (exact) mass is 556 g/mol. The first kappa shape index (κ1) is 33.8. The number of carbonyl (C=O) groups is 2. The number of hydrogen-bond acceptors (Lipinski definition) is 6. The second-order valence-electron chi connectivity index (χ2n) is 11.0. The maximum absolute atomic E-state index is 11.9. The fourth-order valence-electron chi connectivity index (χ4n) is 5.36. The van der Waals surface area contributed by atoms with Gasteiger partial charge in [0.15, 0.2) is 0 Å². The van der Waals surface area contributed by atoms with Crippen LogP contribution < -0.4 is 0 Å². The van der Waals surface area contributed by atoms with Gasteiger partial charge in [-0.05, 0) is 108 Å². The first-order valence-electron chi connectivity index (χ1n) is 15.5. The molecular weight excluding hydrogens is 504 g/mol. The van der Waals surface area contributed by atoms with Gasteiger partial charge in [-0.3, -0.25) is 9.59 Å². The molecule has 0 bridgehead atoms. The van der Waals surface area contributed by atoms with Gasteiger partial charge >= 0.3 is 11.9 Å². The molecule has 0 radical (unpaired) electrons. The second kappa shape index (κ2) is 21.3. The number of aliphatic hydroxyl groups excluding tert-OH is 2. The molecule has 6 nitrogen and oxygen atoms in total. The summed E-state index contributed by atoms with van der Waals surface area (Å²) >= 11 is 0. The Labute approximate surface area is 241 Å². The second-order valence-corrected chi connectivity index (χ2v) is 11.0. The number of ether oxygens (including phenoxy) is 2. The van der Waals surface area contributed by atoms with E-state index in [0.717, 1.165) is 70.6 Å². The molecule has 40 heavy (non-hydrogen) atoms. The molecule has 2 N–H and O–H groups in total. The minimum atomic E-state index is -0.329. The number of carbonyl (C=O) groups excluding carboxylic acids is 2. The molecule has 0 amide bonds. The third-order valence-corrected chi connectivity index (χ3v) is 7.78. The molecular formula is C34H52O6. The quantitative estimate of drug-likeness (QED) is 0.0974. The van der Waals surface area contributed by atoms with E-state index >= 15 is 0 Å². The van der Waals surface area contributed by atoms with Crippen molar-refractivity contribution in [3.05, 3.63) is 60.2 Å². The highest BCUT2D eigenvalue weighted by Crippen LogP contribution is 2.38. The van der Waals surface area contributed by atoms with Gasteiger partial charge in [-0.15, -0.1) is 0 Å². The van der Waals surface area contributed by atoms with Gasteiger partial charge in [0, 0.05) is 12.8 Å². The highest BCUT2D eigenvalue weighted by Gasteiger charge is 2.33. The number of benzene rings is 1. The van der Waals surface area contributed by atoms with E-state index < -0.39 is 0 Å². The normalized spacial score (nSPS) is 19.8. The number of aliphatic hydroxyl groups is 2. The van der Waals surface area contributed by atoms with E-state index in [1.807, 2.05) is 37.3 Å². The summed E-state index contributed by atoms with van der Waals surface area (Å²) in [5, 5.41) is 21.0. The lowest BCUT2D eigenvalue weighted by Crippen LogP contribution is -2.21. The molecule has 1 aromatic carbocycles. The van der Waals surface area contributed by atoms with Gasteiger partial charge < -0.3 is 19.7 Å². The van der Waals surface area contributed by atoms with Crippen molar-refractivity contribution < 1.29 is 29.3 Å². The Morgan fingerprint density at radius 2 is 1.55 bits per heavy atom. The van der Waals surface area contributed by atoms with Gasteiger partial charge in [0.25, 0.3) is 0 Å². The summed E-state index contributed by atoms with van der Waals surface area (Å²) in [7, 11) is 0. The van der Waals surface area contributed by atoms with Gasteiger partial charge in [-0.25, -0.2) is 0 Å². The smallest absolute Gasteiger partial charge is 0.305 e. The summed E-state index contributed by atoms with van der Waals surface area (Å²) in [6, 6.07) is 10.3. The van der Waals surface area contributed by atoms with Crippen LogP contribution in [-0.4, -0.2) is 47.6 Å². The number of hydrogen-bond donors (Lipinski definition) is 2. The van der Waals surface area contributed by atoms with Crippen molar-refractivity contribution in [1.82, 2.24) is 0 Å². The summed E-state index contributed by atoms with van der Waals surface area (Å²) in [6.45, 7) is 2.70. The zero-order chi connectivity index (χ0) is 28.8. The minimum absolute atomic E-state index is 0.164. The van der Waals surface area contributed by atoms with Gasteiger partial charge in [0.05, 0.1) is 25.4 Å². The highest BCUT2D eigenvalue weighted by atomic mass is 16.5. The first-order valence-corrected chi connectivity index (χ1v) is 15.5. The molecule has 6 heteroatoms. The van der Waals surface area contributed by atoms with Crippen molar-refractivity contribution in [2.24, 2.45) is 11.8 Å². The number of unbranched alkanes of at least 4 members (excludes halogenated alkanes) is 3. The summed E-state index contributed by atoms with van der Waals surface area (Å²) in [6.07, 6.45) is 19.3. The third kappa shape index (κ3) is 15.4. The Morgan fingerprint density at radius 1 is 0.900 bits per heavy atom. The van der Waals surface area contributed by atoms with Crippen molar-refractivity contribution in [3.8, 4) is 0 Å². The summed E-state index contributed by atoms with van der Waals surface area (Å²) in [5.74, 6) is 0.356. The molecule has 1 aliphatic rings. The van der Waals surface area contributed by atoms with Crippen LogP contribution in [0.4, 0.5) is 0 Å². The summed E-state index contributed by atoms with van der Waals surface area (Å²) in [5.41, 5.74) is 1.25. The molecule has 0 spiro atoms. The first-order chi connectivity index (χ1) is 19.5. The van der Waals surface area contributed by atoms with Gasteiger partial charge in [0.2, 0.25) is 0 Å². The SMILES string of the molecule is C/C=C\CCCC(=O)OCCCCOC(=O)CCC/C=C\CC1CC[C@@H](O)C1CCC(O)CCc1ccccc1. The van der Waals surface area contributed by atoms with Crippen LogP contribution in [0.5, 0.6) is 0 Å². The molecule has 1 aliphatic carbocycles. The van der Waals surface area contributed by atoms with Crippen LogP contribution in [0, 0.1) is 11.8 Å². The maximum atomic E-state index is 11.9. The average Bonchev–Trinajstić information content (AvgIpc) is 3.31. The number of allylic oxidation sites excluding steroid dienone is 4. The Hall–Kier alpha value is -2.44. The van der Waals surface area contributed by atoms with Crippen LogP contribution in [-0.2, 0) is 25.5 Å². The zero-order valence-electron chi connectivity index (χ0n) is 24.6. The lowest BCUT2D eigenvalue weighted by atomic mass is 9.86. The molecule has 0 heterocycles. The molecule has 3 unspecified atom stereocenters. The molecule has 1 saturated carbocycles. The van der Waals surface area contributed by atoms with Crippen LogP contribution in [0.2, 0.25) is 0 Å². The predicted molar refractivity (Wildman–Crippen MR) is 160 cm³/mol. The lowest BCUT2D eigenvalue weighted by Gasteiger charge is -2.22. The molecule has 4 atom stereocenters. The van der Waals surface area contributed by atoms with E-state index in [2.05, 4.69) is 24.3 Å². The topological polar surface area (TPSA) is 93.1 Å². The Balaban J connectivity index is 1.48. The molecule has 1 aromatic rings. The lowest BCUT2D eigenvalue weighted by molar-refractivity contribution is -0.146. The Kier molecular flexibility index (Phi) is 18.0. The van der Waals surface area contributed by atoms with E-state index in [4.69, 9.17) is 9.47 Å². The van der Waals surface area contributed by atoms with Gasteiger partial charge in [0.1, 0.15) is 0 Å². The fraction of sp³-hybridized carbons (Fsp3) is 0.647. The Morgan fingerprint density at radius 3 is 2.20 bits per heavy atom. The molecule has 224 valence electrons. The van der Waals surface area contributed by atoms with Gasteiger partial charge in [-0.1, -0.05) is 54.6 Å². The van der Waals surface area contributed by atoms with Crippen LogP contribution in [0.3, 0.4) is 0 Å². The number of rotatable bonds is 21. The van der Waals surface area contributed by atoms with Crippen molar-refractivity contribution in [2.75, 3.05) is 13.2 Å². The van der Waals surface area contributed by atoms with Crippen molar-refractivity contribution in [1.29, 1.82) is 0 Å². The zero-order valence-corrected chi connectivity index (χ0v) is 24.6. The molecule has 1 fully saturated rings. The van der Waals surface area contributed by atoms with Gasteiger partial charge in [-0.2, -0.15) is 0 Å². The van der Waals surface area contributed by atoms with Crippen molar-refractivity contribution >= 4 is 11.9 Å². The van der Waals surface area contributed by atoms with Crippen LogP contribution >= 0.6 is 0 Å². The summed E-state index contributed by atoms with van der Waals surface area (Å²) in [4.78, 5) is 23.5. The van der Waals surface area contributed by atoms with Crippen molar-refractivity contribution in [3.63, 3.8) is 0 Å². The van der Waals surface area contributed by atoms with Crippen LogP contribution in [0.25, 0.3) is 0 Å². The van der Waals surface area contributed by atoms with E-state index in [0.29, 0.717) is 44.8 Å². The standard InChI is InChI=1S/C34H52O6/c1-2-3-4-11-18-33(37)39-26-13-14-27-40-34(38)19-12-6-5-10-17-29-21-25-32(36)31(29)24-23-30(35)22-20-28-15-8-7-9-16-28/h2-3,5,7-10,15-16,29-32,35-36H,4,6,11-14,17-27H2,1H3/b3-2-,10-5-/t29?,30?,31?,32-/m1/s1. The highest BCUT2D eigenvalue weighted by molar-refractivity contribution is 5.69. The predicted octanol–water partition coefficient (Wildman–Crippen LogP) is 6.88. The average molecular weight is 557 g/mol. The van der Waals surface area contributed by atoms with Crippen LogP contribution in [0.15, 0.2) is 54.6 Å². The van der Waals surface area contributed by atoms with Crippen LogP contribution in [0.1, 0.15) is 102 Å². The largest absolute Gasteiger partial charge is 0.466 e. The minimum Gasteiger partial charge on any atom is -0.466 e. The number of aryl methyl sites for hydroxylation is 1.